The van der Waals surface area contributed by atoms with Gasteiger partial charge in [0.1, 0.15) is 25.6 Å². The van der Waals surface area contributed by atoms with E-state index in [-0.39, 0.29) is 11.5 Å². The number of aromatic nitrogens is 3. The van der Waals surface area contributed by atoms with Gasteiger partial charge in [-0.1, -0.05) is 43.8 Å². The molecule has 0 N–H and O–H groups in total. The van der Waals surface area contributed by atoms with Crippen molar-refractivity contribution < 1.29 is 19.0 Å². The smallest absolute Gasteiger partial charge is 0.191 e. The topological polar surface area (TPSA) is 75.5 Å². The van der Waals surface area contributed by atoms with Crippen LogP contribution < -0.4 is 14.2 Å². The number of hydrogen-bond donors (Lipinski definition) is 0. The maximum Gasteiger partial charge on any atom is 0.191 e. The Labute approximate surface area is 192 Å². The van der Waals surface area contributed by atoms with Crippen LogP contribution in [0.3, 0.4) is 0 Å². The second-order valence-corrected chi connectivity index (χ2v) is 8.85. The zero-order valence-corrected chi connectivity index (χ0v) is 19.1. The first-order valence-corrected chi connectivity index (χ1v) is 11.7. The molecular formula is C24H27N3O4S. The second kappa shape index (κ2) is 10.5. The molecule has 0 saturated heterocycles. The minimum atomic E-state index is 0.00692. The van der Waals surface area contributed by atoms with E-state index in [0.717, 1.165) is 29.7 Å². The van der Waals surface area contributed by atoms with Crippen molar-refractivity contribution in [2.75, 3.05) is 19.0 Å². The third kappa shape index (κ3) is 5.62. The lowest BCUT2D eigenvalue weighted by Crippen LogP contribution is -2.16. The maximum atomic E-state index is 12.8. The number of Topliss-reactive ketones (excluding diaryl/α,β-unsaturated/α-hetero) is 1. The van der Waals surface area contributed by atoms with E-state index < -0.39 is 0 Å². The van der Waals surface area contributed by atoms with Gasteiger partial charge in [0.2, 0.25) is 0 Å². The second-order valence-electron chi connectivity index (χ2n) is 7.90. The molecule has 0 bridgehead atoms. The first kappa shape index (κ1) is 22.2. The molecule has 8 heteroatoms. The van der Waals surface area contributed by atoms with Crippen LogP contribution in [0.4, 0.5) is 0 Å². The Kier molecular flexibility index (Phi) is 7.32. The summed E-state index contributed by atoms with van der Waals surface area (Å²) in [4.78, 5) is 12.8. The monoisotopic (exact) mass is 453 g/mol. The normalized spacial score (nSPS) is 12.7. The Morgan fingerprint density at radius 1 is 1.09 bits per heavy atom. The van der Waals surface area contributed by atoms with E-state index in [9.17, 15) is 4.79 Å². The fourth-order valence-corrected chi connectivity index (χ4v) is 4.12. The summed E-state index contributed by atoms with van der Waals surface area (Å²) in [5, 5.41) is 9.40. The Morgan fingerprint density at radius 2 is 1.88 bits per heavy atom. The van der Waals surface area contributed by atoms with Gasteiger partial charge in [-0.3, -0.25) is 4.79 Å². The molecule has 1 aliphatic rings. The third-order valence-electron chi connectivity index (χ3n) is 5.03. The van der Waals surface area contributed by atoms with E-state index in [4.69, 9.17) is 14.2 Å². The number of thioether (sulfide) groups is 1. The number of ketones is 1. The molecule has 4 rings (SSSR count). The molecule has 2 aromatic carbocycles. The van der Waals surface area contributed by atoms with Gasteiger partial charge >= 0.3 is 0 Å². The van der Waals surface area contributed by atoms with Crippen LogP contribution in [0.1, 0.15) is 36.5 Å². The van der Waals surface area contributed by atoms with Gasteiger partial charge in [0.25, 0.3) is 0 Å². The number of carbonyl (C=O) groups is 1. The SMILES string of the molecule is CC(C)CCn1c(COc2ccccc2)nnc1SCC(=O)c1ccc2c(c1)OCCO2. The predicted octanol–water partition coefficient (Wildman–Crippen LogP) is 4.65. The first-order valence-electron chi connectivity index (χ1n) is 10.8. The van der Waals surface area contributed by atoms with Crippen LogP contribution in [-0.4, -0.2) is 39.5 Å². The molecule has 0 saturated carbocycles. The number of carbonyl (C=O) groups excluding carboxylic acids is 1. The predicted molar refractivity (Wildman–Crippen MR) is 123 cm³/mol. The molecule has 7 nitrogen and oxygen atoms in total. The van der Waals surface area contributed by atoms with Crippen molar-refractivity contribution >= 4 is 17.5 Å². The van der Waals surface area contributed by atoms with Crippen molar-refractivity contribution in [3.8, 4) is 17.2 Å². The van der Waals surface area contributed by atoms with Crippen LogP contribution in [0.2, 0.25) is 0 Å². The summed E-state index contributed by atoms with van der Waals surface area (Å²) in [5.41, 5.74) is 0.600. The number of para-hydroxylation sites is 1. The molecule has 2 heterocycles. The van der Waals surface area contributed by atoms with Gasteiger partial charge in [-0.25, -0.2) is 0 Å². The molecule has 0 aliphatic carbocycles. The van der Waals surface area contributed by atoms with Gasteiger partial charge < -0.3 is 18.8 Å². The highest BCUT2D eigenvalue weighted by molar-refractivity contribution is 7.99. The number of rotatable bonds is 10. The van der Waals surface area contributed by atoms with Crippen LogP contribution in [0, 0.1) is 5.92 Å². The van der Waals surface area contributed by atoms with E-state index in [2.05, 4.69) is 28.6 Å². The van der Waals surface area contributed by atoms with Crippen LogP contribution in [0.25, 0.3) is 0 Å². The van der Waals surface area contributed by atoms with Gasteiger partial charge in [0.05, 0.1) is 5.75 Å². The van der Waals surface area contributed by atoms with Crippen LogP contribution >= 0.6 is 11.8 Å². The standard InChI is InChI=1S/C24H27N3O4S/c1-17(2)10-11-27-23(15-31-19-6-4-3-5-7-19)25-26-24(27)32-16-20(28)18-8-9-21-22(14-18)30-13-12-29-21/h3-9,14,17H,10-13,15-16H2,1-2H3. The highest BCUT2D eigenvalue weighted by Crippen LogP contribution is 2.31. The number of benzene rings is 2. The molecule has 0 radical (unpaired) electrons. The van der Waals surface area contributed by atoms with Gasteiger partial charge in [-0.05, 0) is 42.7 Å². The van der Waals surface area contributed by atoms with Crippen molar-refractivity contribution in [1.29, 1.82) is 0 Å². The number of fused-ring (bicyclic) bond motifs is 1. The van der Waals surface area contributed by atoms with E-state index in [1.165, 1.54) is 11.8 Å². The molecule has 3 aromatic rings. The molecule has 0 atom stereocenters. The first-order chi connectivity index (χ1) is 15.6. The van der Waals surface area contributed by atoms with E-state index >= 15 is 0 Å². The van der Waals surface area contributed by atoms with Crippen molar-refractivity contribution in [2.45, 2.75) is 38.6 Å². The average Bonchev–Trinajstić information content (AvgIpc) is 3.21. The third-order valence-corrected chi connectivity index (χ3v) is 6.00. The van der Waals surface area contributed by atoms with Crippen LogP contribution in [-0.2, 0) is 13.2 Å². The van der Waals surface area contributed by atoms with Crippen molar-refractivity contribution in [2.24, 2.45) is 5.92 Å². The number of ether oxygens (including phenoxy) is 3. The average molecular weight is 454 g/mol. The molecule has 1 aliphatic heterocycles. The Morgan fingerprint density at radius 3 is 2.66 bits per heavy atom. The number of hydrogen-bond acceptors (Lipinski definition) is 7. The maximum absolute atomic E-state index is 12.8. The largest absolute Gasteiger partial charge is 0.486 e. The van der Waals surface area contributed by atoms with Crippen LogP contribution in [0.5, 0.6) is 17.2 Å². The summed E-state index contributed by atoms with van der Waals surface area (Å²) in [6.45, 7) is 6.49. The molecule has 0 unspecified atom stereocenters. The lowest BCUT2D eigenvalue weighted by Gasteiger charge is -2.18. The molecule has 168 valence electrons. The fourth-order valence-electron chi connectivity index (χ4n) is 3.24. The zero-order valence-electron chi connectivity index (χ0n) is 18.3. The fraction of sp³-hybridized carbons (Fsp3) is 0.375. The van der Waals surface area contributed by atoms with Gasteiger partial charge in [-0.2, -0.15) is 0 Å². The summed E-state index contributed by atoms with van der Waals surface area (Å²) in [5.74, 6) is 3.64. The lowest BCUT2D eigenvalue weighted by molar-refractivity contribution is 0.102. The Bertz CT molecular complexity index is 1050. The Hall–Kier alpha value is -3.00. The highest BCUT2D eigenvalue weighted by Gasteiger charge is 2.18. The molecule has 1 aromatic heterocycles. The Balaban J connectivity index is 1.43. The van der Waals surface area contributed by atoms with E-state index in [1.807, 2.05) is 30.3 Å². The van der Waals surface area contributed by atoms with Gasteiger partial charge in [0, 0.05) is 12.1 Å². The lowest BCUT2D eigenvalue weighted by atomic mass is 10.1. The molecular weight excluding hydrogens is 426 g/mol. The molecule has 0 amide bonds. The minimum absolute atomic E-state index is 0.00692. The zero-order chi connectivity index (χ0) is 22.3. The summed E-state index contributed by atoms with van der Waals surface area (Å²) >= 11 is 1.39. The van der Waals surface area contributed by atoms with Gasteiger partial charge in [-0.15, -0.1) is 10.2 Å². The van der Waals surface area contributed by atoms with Gasteiger partial charge in [0.15, 0.2) is 28.3 Å². The summed E-state index contributed by atoms with van der Waals surface area (Å²) in [6, 6.07) is 15.0. The molecule has 0 spiro atoms. The minimum Gasteiger partial charge on any atom is -0.486 e. The summed E-state index contributed by atoms with van der Waals surface area (Å²) in [7, 11) is 0. The quantitative estimate of drug-likeness (QED) is 0.327. The van der Waals surface area contributed by atoms with Crippen molar-refractivity contribution in [1.82, 2.24) is 14.8 Å². The van der Waals surface area contributed by atoms with Crippen molar-refractivity contribution in [3.63, 3.8) is 0 Å². The highest BCUT2D eigenvalue weighted by atomic mass is 32.2. The molecule has 32 heavy (non-hydrogen) atoms. The van der Waals surface area contributed by atoms with Crippen molar-refractivity contribution in [3.05, 3.63) is 59.9 Å². The summed E-state index contributed by atoms with van der Waals surface area (Å²) in [6.07, 6.45) is 0.986. The summed E-state index contributed by atoms with van der Waals surface area (Å²) < 4.78 is 19.1. The number of nitrogens with zero attached hydrogens (tertiary/aromatic N) is 3. The van der Waals surface area contributed by atoms with Crippen LogP contribution in [0.15, 0.2) is 53.7 Å². The van der Waals surface area contributed by atoms with E-state index in [0.29, 0.717) is 42.8 Å². The van der Waals surface area contributed by atoms with E-state index in [1.54, 1.807) is 18.2 Å². The molecule has 0 fully saturated rings.